The second kappa shape index (κ2) is 9.71. The van der Waals surface area contributed by atoms with Crippen LogP contribution in [0.3, 0.4) is 0 Å². The molecule has 8 heteroatoms. The highest BCUT2D eigenvalue weighted by molar-refractivity contribution is 5.80. The summed E-state index contributed by atoms with van der Waals surface area (Å²) in [4.78, 5) is 18.5. The average Bonchev–Trinajstić information content (AvgIpc) is 3.04. The molecule has 6 nitrogen and oxygen atoms in total. The van der Waals surface area contributed by atoms with Gasteiger partial charge in [0.2, 0.25) is 0 Å². The number of halogens is 2. The maximum Gasteiger partial charge on any atom is 0.407 e. The van der Waals surface area contributed by atoms with Crippen LogP contribution in [0.2, 0.25) is 0 Å². The van der Waals surface area contributed by atoms with E-state index >= 15 is 0 Å². The number of ether oxygens (including phenoxy) is 1. The predicted molar refractivity (Wildman–Crippen MR) is 105 cm³/mol. The Kier molecular flexibility index (Phi) is 7.60. The third kappa shape index (κ3) is 6.65. The molecule has 1 aromatic rings. The Morgan fingerprint density at radius 2 is 2.11 bits per heavy atom. The quantitative estimate of drug-likeness (QED) is 0.593. The number of amides is 1. The fraction of sp³-hybridized carbons (Fsp3) is 0.600. The summed E-state index contributed by atoms with van der Waals surface area (Å²) in [5.41, 5.74) is -0.226. The van der Waals surface area contributed by atoms with Gasteiger partial charge in [0.1, 0.15) is 5.60 Å². The molecular formula is C20H30F2N4O2. The van der Waals surface area contributed by atoms with Crippen LogP contribution in [0.15, 0.2) is 23.2 Å². The summed E-state index contributed by atoms with van der Waals surface area (Å²) in [6.45, 7) is 9.81. The van der Waals surface area contributed by atoms with Crippen molar-refractivity contribution in [1.82, 2.24) is 15.5 Å². The summed E-state index contributed by atoms with van der Waals surface area (Å²) in [5.74, 6) is -0.956. The Hall–Kier alpha value is -2.38. The number of likely N-dealkylation sites (tertiary alicyclic amines) is 1. The monoisotopic (exact) mass is 396 g/mol. The average molecular weight is 396 g/mol. The van der Waals surface area contributed by atoms with E-state index in [1.165, 1.54) is 6.07 Å². The highest BCUT2D eigenvalue weighted by Gasteiger charge is 2.27. The van der Waals surface area contributed by atoms with Crippen molar-refractivity contribution in [2.75, 3.05) is 26.2 Å². The van der Waals surface area contributed by atoms with Crippen molar-refractivity contribution in [3.63, 3.8) is 0 Å². The lowest BCUT2D eigenvalue weighted by Gasteiger charge is -2.23. The minimum Gasteiger partial charge on any atom is -0.444 e. The van der Waals surface area contributed by atoms with Gasteiger partial charge < -0.3 is 20.3 Å². The van der Waals surface area contributed by atoms with Crippen LogP contribution in [0.25, 0.3) is 0 Å². The van der Waals surface area contributed by atoms with Gasteiger partial charge in [-0.2, -0.15) is 0 Å². The van der Waals surface area contributed by atoms with Gasteiger partial charge in [0, 0.05) is 26.2 Å². The number of nitrogens with one attached hydrogen (secondary N) is 2. The van der Waals surface area contributed by atoms with Crippen molar-refractivity contribution >= 4 is 12.1 Å². The Morgan fingerprint density at radius 1 is 1.36 bits per heavy atom. The van der Waals surface area contributed by atoms with E-state index in [1.807, 2.05) is 32.6 Å². The van der Waals surface area contributed by atoms with Gasteiger partial charge in [0.05, 0.1) is 6.04 Å². The van der Waals surface area contributed by atoms with E-state index < -0.39 is 23.3 Å². The smallest absolute Gasteiger partial charge is 0.407 e. The van der Waals surface area contributed by atoms with Gasteiger partial charge in [-0.05, 0) is 52.2 Å². The van der Waals surface area contributed by atoms with E-state index in [1.54, 1.807) is 6.07 Å². The van der Waals surface area contributed by atoms with E-state index in [9.17, 15) is 13.6 Å². The minimum atomic E-state index is -0.844. The minimum absolute atomic E-state index is 0.0284. The van der Waals surface area contributed by atoms with Crippen molar-refractivity contribution in [3.8, 4) is 0 Å². The van der Waals surface area contributed by atoms with Crippen LogP contribution in [-0.4, -0.2) is 54.8 Å². The number of nitrogens with zero attached hydrogens (tertiary/aromatic N) is 2. The Bertz CT molecular complexity index is 704. The lowest BCUT2D eigenvalue weighted by Crippen LogP contribution is -2.44. The summed E-state index contributed by atoms with van der Waals surface area (Å²) < 4.78 is 32.4. The van der Waals surface area contributed by atoms with E-state index in [-0.39, 0.29) is 6.04 Å². The first-order valence-corrected chi connectivity index (χ1v) is 9.65. The molecule has 2 rings (SSSR count). The van der Waals surface area contributed by atoms with Crippen molar-refractivity contribution in [2.45, 2.75) is 52.2 Å². The molecule has 156 valence electrons. The molecule has 1 fully saturated rings. The van der Waals surface area contributed by atoms with Crippen molar-refractivity contribution < 1.29 is 18.3 Å². The molecule has 1 aliphatic rings. The molecule has 0 aliphatic carbocycles. The second-order valence-electron chi connectivity index (χ2n) is 7.78. The first-order chi connectivity index (χ1) is 13.2. The van der Waals surface area contributed by atoms with Gasteiger partial charge >= 0.3 is 6.09 Å². The predicted octanol–water partition coefficient (Wildman–Crippen LogP) is 3.07. The molecule has 1 aliphatic heterocycles. The van der Waals surface area contributed by atoms with Gasteiger partial charge in [-0.1, -0.05) is 12.1 Å². The van der Waals surface area contributed by atoms with E-state index in [0.29, 0.717) is 37.6 Å². The molecule has 0 spiro atoms. The Labute approximate surface area is 165 Å². The highest BCUT2D eigenvalue weighted by atomic mass is 19.2. The van der Waals surface area contributed by atoms with Crippen LogP contribution in [-0.2, 0) is 11.2 Å². The summed E-state index contributed by atoms with van der Waals surface area (Å²) in [5, 5.41) is 6.09. The van der Waals surface area contributed by atoms with E-state index in [0.717, 1.165) is 19.0 Å². The third-order valence-corrected chi connectivity index (χ3v) is 4.22. The maximum absolute atomic E-state index is 13.8. The summed E-state index contributed by atoms with van der Waals surface area (Å²) in [6.07, 6.45) is 0.663. The molecule has 1 atom stereocenters. The van der Waals surface area contributed by atoms with Crippen LogP contribution < -0.4 is 10.6 Å². The highest BCUT2D eigenvalue weighted by Crippen LogP contribution is 2.14. The molecule has 1 heterocycles. The van der Waals surface area contributed by atoms with Gasteiger partial charge in [0.25, 0.3) is 0 Å². The van der Waals surface area contributed by atoms with Crippen molar-refractivity contribution in [3.05, 3.63) is 35.4 Å². The SMILES string of the molecule is CCNC(=NCCc1cccc(F)c1F)N1CCC(NC(=O)OC(C)(C)C)C1. The molecule has 0 radical (unpaired) electrons. The van der Waals surface area contributed by atoms with Crippen molar-refractivity contribution in [1.29, 1.82) is 0 Å². The first-order valence-electron chi connectivity index (χ1n) is 9.65. The Morgan fingerprint density at radius 3 is 2.79 bits per heavy atom. The molecule has 1 amide bonds. The molecule has 1 saturated heterocycles. The van der Waals surface area contributed by atoms with E-state index in [4.69, 9.17) is 4.74 Å². The molecule has 0 saturated carbocycles. The largest absolute Gasteiger partial charge is 0.444 e. The molecule has 0 aromatic heterocycles. The second-order valence-corrected chi connectivity index (χ2v) is 7.78. The molecule has 28 heavy (non-hydrogen) atoms. The topological polar surface area (TPSA) is 66.0 Å². The fourth-order valence-electron chi connectivity index (χ4n) is 2.99. The van der Waals surface area contributed by atoms with Crippen LogP contribution in [0, 0.1) is 11.6 Å². The Balaban J connectivity index is 1.91. The van der Waals surface area contributed by atoms with E-state index in [2.05, 4.69) is 15.6 Å². The normalized spacial score (nSPS) is 17.6. The zero-order valence-corrected chi connectivity index (χ0v) is 17.0. The summed E-state index contributed by atoms with van der Waals surface area (Å²) in [6, 6.07) is 4.14. The summed E-state index contributed by atoms with van der Waals surface area (Å²) in [7, 11) is 0. The number of rotatable bonds is 5. The lowest BCUT2D eigenvalue weighted by atomic mass is 10.1. The van der Waals surface area contributed by atoms with Gasteiger partial charge in [-0.3, -0.25) is 4.99 Å². The van der Waals surface area contributed by atoms with Crippen molar-refractivity contribution in [2.24, 2.45) is 4.99 Å². The molecule has 0 bridgehead atoms. The fourth-order valence-corrected chi connectivity index (χ4v) is 2.99. The van der Waals surface area contributed by atoms with Gasteiger partial charge in [-0.25, -0.2) is 13.6 Å². The molecule has 1 unspecified atom stereocenters. The van der Waals surface area contributed by atoms with Gasteiger partial charge in [-0.15, -0.1) is 0 Å². The van der Waals surface area contributed by atoms with Gasteiger partial charge in [0.15, 0.2) is 17.6 Å². The lowest BCUT2D eigenvalue weighted by molar-refractivity contribution is 0.0507. The number of hydrogen-bond acceptors (Lipinski definition) is 3. The zero-order valence-electron chi connectivity index (χ0n) is 17.0. The summed E-state index contributed by atoms with van der Waals surface area (Å²) >= 11 is 0. The number of carbonyl (C=O) groups is 1. The molecular weight excluding hydrogens is 366 g/mol. The molecule has 2 N–H and O–H groups in total. The van der Waals surface area contributed by atoms with Crippen LogP contribution in [0.4, 0.5) is 13.6 Å². The first kappa shape index (κ1) is 21.9. The third-order valence-electron chi connectivity index (χ3n) is 4.22. The molecule has 1 aromatic carbocycles. The number of carbonyl (C=O) groups excluding carboxylic acids is 1. The maximum atomic E-state index is 13.8. The number of hydrogen-bond donors (Lipinski definition) is 2. The van der Waals surface area contributed by atoms with Crippen LogP contribution in [0.1, 0.15) is 39.7 Å². The zero-order chi connectivity index (χ0) is 20.7. The number of benzene rings is 1. The number of aliphatic imine (C=N–C) groups is 1. The van der Waals surface area contributed by atoms with Crippen LogP contribution >= 0.6 is 0 Å². The standard InChI is InChI=1S/C20H30F2N4O2/c1-5-23-18(24-11-9-14-7-6-8-16(21)17(14)22)26-12-10-15(13-26)25-19(27)28-20(2,3)4/h6-8,15H,5,9-13H2,1-4H3,(H,23,24)(H,25,27). The number of guanidine groups is 1. The van der Waals surface area contributed by atoms with Crippen LogP contribution in [0.5, 0.6) is 0 Å². The number of alkyl carbamates (subject to hydrolysis) is 1.